The molecule has 3 unspecified atom stereocenters. The quantitative estimate of drug-likeness (QED) is 0.862. The predicted molar refractivity (Wildman–Crippen MR) is 84.0 cm³/mol. The Kier molecular flexibility index (Phi) is 4.27. The van der Waals surface area contributed by atoms with Gasteiger partial charge in [-0.05, 0) is 69.3 Å². The van der Waals surface area contributed by atoms with Gasteiger partial charge in [-0.1, -0.05) is 6.92 Å². The van der Waals surface area contributed by atoms with Crippen LogP contribution in [0.2, 0.25) is 0 Å². The molecule has 2 saturated heterocycles. The summed E-state index contributed by atoms with van der Waals surface area (Å²) < 4.78 is 2.13. The molecule has 3 atom stereocenters. The van der Waals surface area contributed by atoms with Gasteiger partial charge in [-0.25, -0.2) is 0 Å². The Morgan fingerprint density at radius 3 is 3.00 bits per heavy atom. The van der Waals surface area contributed by atoms with Crippen molar-refractivity contribution >= 4 is 31.9 Å². The second kappa shape index (κ2) is 5.80. The largest absolute Gasteiger partial charge is 0.316 e. The number of likely N-dealkylation sites (tertiary alicyclic amines) is 1. The number of hydrogen-bond donors (Lipinski definition) is 1. The fraction of sp³-hybridized carbons (Fsp3) is 0.643. The van der Waals surface area contributed by atoms with Crippen LogP contribution in [-0.2, 0) is 6.54 Å². The van der Waals surface area contributed by atoms with Crippen LogP contribution >= 0.6 is 31.9 Å². The molecule has 0 amide bonds. The van der Waals surface area contributed by atoms with E-state index in [1.54, 1.807) is 0 Å². The molecular weight excluding hydrogens is 370 g/mol. The smallest absolute Gasteiger partial charge is 0.0686 e. The van der Waals surface area contributed by atoms with Crippen LogP contribution in [0.25, 0.3) is 0 Å². The van der Waals surface area contributed by atoms with Gasteiger partial charge in [0.25, 0.3) is 0 Å². The molecule has 1 N–H and O–H groups in total. The number of pyridine rings is 1. The minimum atomic E-state index is 0.706. The molecule has 1 aromatic rings. The zero-order valence-electron chi connectivity index (χ0n) is 11.1. The Hall–Kier alpha value is 0.0300. The summed E-state index contributed by atoms with van der Waals surface area (Å²) in [7, 11) is 0. The maximum absolute atomic E-state index is 4.55. The van der Waals surface area contributed by atoms with Crippen LogP contribution in [0.5, 0.6) is 0 Å². The molecule has 0 radical (unpaired) electrons. The van der Waals surface area contributed by atoms with Crippen molar-refractivity contribution in [2.24, 2.45) is 11.8 Å². The van der Waals surface area contributed by atoms with Crippen molar-refractivity contribution in [3.8, 4) is 0 Å². The highest BCUT2D eigenvalue weighted by Gasteiger charge is 2.43. The van der Waals surface area contributed by atoms with Gasteiger partial charge < -0.3 is 5.32 Å². The number of nitrogens with zero attached hydrogens (tertiary/aromatic N) is 2. The zero-order chi connectivity index (χ0) is 13.4. The third-order valence-electron chi connectivity index (χ3n) is 4.48. The number of hydrogen-bond acceptors (Lipinski definition) is 3. The summed E-state index contributed by atoms with van der Waals surface area (Å²) in [5.74, 6) is 1.67. The Morgan fingerprint density at radius 1 is 1.42 bits per heavy atom. The molecule has 0 bridgehead atoms. The van der Waals surface area contributed by atoms with Crippen LogP contribution in [0, 0.1) is 11.8 Å². The van der Waals surface area contributed by atoms with Gasteiger partial charge in [-0.3, -0.25) is 9.88 Å². The fourth-order valence-corrected chi connectivity index (χ4v) is 4.72. The molecule has 1 aromatic heterocycles. The van der Waals surface area contributed by atoms with Crippen molar-refractivity contribution in [1.29, 1.82) is 0 Å². The van der Waals surface area contributed by atoms with E-state index in [0.717, 1.165) is 33.0 Å². The van der Waals surface area contributed by atoms with Gasteiger partial charge in [0.05, 0.1) is 5.69 Å². The van der Waals surface area contributed by atoms with E-state index in [2.05, 4.69) is 60.1 Å². The molecule has 2 fully saturated rings. The first kappa shape index (κ1) is 14.0. The molecule has 2 aliphatic heterocycles. The second-order valence-corrected chi connectivity index (χ2v) is 7.34. The molecule has 5 heteroatoms. The SMILES string of the molecule is CCC1C2CNCC2CN1Cc1ncc(Br)cc1Br. The third kappa shape index (κ3) is 2.75. The van der Waals surface area contributed by atoms with Gasteiger partial charge >= 0.3 is 0 Å². The minimum absolute atomic E-state index is 0.706. The van der Waals surface area contributed by atoms with E-state index in [9.17, 15) is 0 Å². The lowest BCUT2D eigenvalue weighted by atomic mass is 9.93. The van der Waals surface area contributed by atoms with E-state index in [1.807, 2.05) is 6.20 Å². The molecule has 0 spiro atoms. The van der Waals surface area contributed by atoms with Gasteiger partial charge in [-0.15, -0.1) is 0 Å². The van der Waals surface area contributed by atoms with Crippen LogP contribution in [0.1, 0.15) is 19.0 Å². The summed E-state index contributed by atoms with van der Waals surface area (Å²) in [4.78, 5) is 7.18. The van der Waals surface area contributed by atoms with Gasteiger partial charge in [0.15, 0.2) is 0 Å². The van der Waals surface area contributed by atoms with Gasteiger partial charge in [0.2, 0.25) is 0 Å². The highest BCUT2D eigenvalue weighted by molar-refractivity contribution is 9.11. The zero-order valence-corrected chi connectivity index (χ0v) is 14.2. The molecule has 2 aliphatic rings. The molecule has 3 rings (SSSR count). The maximum Gasteiger partial charge on any atom is 0.0686 e. The van der Waals surface area contributed by atoms with Crippen LogP contribution in [0.3, 0.4) is 0 Å². The summed E-state index contributed by atoms with van der Waals surface area (Å²) in [6.07, 6.45) is 3.12. The average molecular weight is 389 g/mol. The molecular formula is C14H19Br2N3. The summed E-state index contributed by atoms with van der Waals surface area (Å²) in [5.41, 5.74) is 1.15. The number of halogens is 2. The first-order valence-corrected chi connectivity index (χ1v) is 8.52. The van der Waals surface area contributed by atoms with Crippen molar-refractivity contribution in [2.45, 2.75) is 25.9 Å². The number of rotatable bonds is 3. The monoisotopic (exact) mass is 387 g/mol. The molecule has 3 nitrogen and oxygen atoms in total. The van der Waals surface area contributed by atoms with Crippen molar-refractivity contribution in [1.82, 2.24) is 15.2 Å². The molecule has 0 aliphatic carbocycles. The highest BCUT2D eigenvalue weighted by atomic mass is 79.9. The van der Waals surface area contributed by atoms with Crippen molar-refractivity contribution < 1.29 is 0 Å². The van der Waals surface area contributed by atoms with E-state index in [-0.39, 0.29) is 0 Å². The Morgan fingerprint density at radius 2 is 2.26 bits per heavy atom. The Balaban J connectivity index is 1.76. The predicted octanol–water partition coefficient (Wildman–Crippen LogP) is 3.04. The molecule has 3 heterocycles. The fourth-order valence-electron chi connectivity index (χ4n) is 3.61. The summed E-state index contributed by atoms with van der Waals surface area (Å²) in [6, 6.07) is 2.79. The summed E-state index contributed by atoms with van der Waals surface area (Å²) in [6.45, 7) is 6.85. The highest BCUT2D eigenvalue weighted by Crippen LogP contribution is 2.35. The Bertz CT molecular complexity index is 466. The normalized spacial score (nSPS) is 30.8. The minimum Gasteiger partial charge on any atom is -0.316 e. The van der Waals surface area contributed by atoms with Crippen LogP contribution in [0.4, 0.5) is 0 Å². The lowest BCUT2D eigenvalue weighted by Gasteiger charge is -2.26. The van der Waals surface area contributed by atoms with Gasteiger partial charge in [0.1, 0.15) is 0 Å². The van der Waals surface area contributed by atoms with Crippen LogP contribution in [0.15, 0.2) is 21.2 Å². The average Bonchev–Trinajstić information content (AvgIpc) is 2.92. The standard InChI is InChI=1S/C14H19Br2N3/c1-2-14-11-6-17-4-9(11)7-19(14)8-13-12(16)3-10(15)5-18-13/h3,5,9,11,14,17H,2,4,6-8H2,1H3. The van der Waals surface area contributed by atoms with Crippen molar-refractivity contribution in [3.05, 3.63) is 26.9 Å². The summed E-state index contributed by atoms with van der Waals surface area (Å²) in [5, 5.41) is 3.53. The van der Waals surface area contributed by atoms with E-state index in [4.69, 9.17) is 0 Å². The van der Waals surface area contributed by atoms with Gasteiger partial charge in [-0.2, -0.15) is 0 Å². The van der Waals surface area contributed by atoms with Gasteiger partial charge in [0, 0.05) is 34.3 Å². The topological polar surface area (TPSA) is 28.2 Å². The second-order valence-electron chi connectivity index (χ2n) is 5.57. The van der Waals surface area contributed by atoms with Crippen molar-refractivity contribution in [3.63, 3.8) is 0 Å². The number of fused-ring (bicyclic) bond motifs is 1. The lowest BCUT2D eigenvalue weighted by molar-refractivity contribution is 0.208. The van der Waals surface area contributed by atoms with Crippen molar-refractivity contribution in [2.75, 3.05) is 19.6 Å². The number of aromatic nitrogens is 1. The third-order valence-corrected chi connectivity index (χ3v) is 5.60. The lowest BCUT2D eigenvalue weighted by Crippen LogP contribution is -2.34. The Labute approximate surface area is 131 Å². The molecule has 0 saturated carbocycles. The molecule has 104 valence electrons. The van der Waals surface area contributed by atoms with E-state index in [0.29, 0.717) is 6.04 Å². The summed E-state index contributed by atoms with van der Waals surface area (Å²) >= 11 is 7.09. The number of nitrogens with one attached hydrogen (secondary N) is 1. The van der Waals surface area contributed by atoms with E-state index >= 15 is 0 Å². The molecule has 19 heavy (non-hydrogen) atoms. The first-order chi connectivity index (χ1) is 9.19. The van der Waals surface area contributed by atoms with Crippen LogP contribution < -0.4 is 5.32 Å². The van der Waals surface area contributed by atoms with E-state index < -0.39 is 0 Å². The van der Waals surface area contributed by atoms with Crippen LogP contribution in [-0.4, -0.2) is 35.6 Å². The molecule has 0 aromatic carbocycles. The maximum atomic E-state index is 4.55. The van der Waals surface area contributed by atoms with E-state index in [1.165, 1.54) is 26.1 Å². The first-order valence-electron chi connectivity index (χ1n) is 6.93.